The van der Waals surface area contributed by atoms with Gasteiger partial charge in [0, 0.05) is 11.9 Å². The molecule has 15 heavy (non-hydrogen) atoms. The average Bonchev–Trinajstić information content (AvgIpc) is 2.59. The van der Waals surface area contributed by atoms with Crippen molar-refractivity contribution in [1.29, 1.82) is 0 Å². The zero-order chi connectivity index (χ0) is 10.7. The van der Waals surface area contributed by atoms with Crippen LogP contribution in [0.15, 0.2) is 36.6 Å². The molecule has 1 aromatic heterocycles. The second-order valence-corrected chi connectivity index (χ2v) is 3.31. The Labute approximate surface area is 87.4 Å². The molecule has 2 N–H and O–H groups in total. The first kappa shape index (κ1) is 9.52. The van der Waals surface area contributed by atoms with Crippen molar-refractivity contribution in [2.45, 2.75) is 6.42 Å². The Morgan fingerprint density at radius 2 is 2.20 bits per heavy atom. The van der Waals surface area contributed by atoms with Gasteiger partial charge in [0.05, 0.1) is 6.42 Å². The van der Waals surface area contributed by atoms with Gasteiger partial charge in [-0.25, -0.2) is 0 Å². The SMILES string of the molecule is O=C(O)C/C1=C/C=C\C=C/c2cc[nH]c21. The van der Waals surface area contributed by atoms with Gasteiger partial charge in [-0.05, 0) is 17.2 Å². The number of carboxylic acid groups (broad SMARTS) is 1. The number of fused-ring (bicyclic) bond motifs is 1. The molecule has 76 valence electrons. The summed E-state index contributed by atoms with van der Waals surface area (Å²) in [5.74, 6) is -0.820. The zero-order valence-electron chi connectivity index (χ0n) is 8.10. The fourth-order valence-electron chi connectivity index (χ4n) is 1.59. The summed E-state index contributed by atoms with van der Waals surface area (Å²) in [7, 11) is 0. The Hall–Kier alpha value is -2.03. The Balaban J connectivity index is 2.42. The number of hydrogen-bond donors (Lipinski definition) is 2. The van der Waals surface area contributed by atoms with E-state index in [-0.39, 0.29) is 6.42 Å². The maximum atomic E-state index is 10.7. The summed E-state index contributed by atoms with van der Waals surface area (Å²) in [5.41, 5.74) is 2.70. The number of carboxylic acids is 1. The van der Waals surface area contributed by atoms with E-state index in [1.54, 1.807) is 0 Å². The Morgan fingerprint density at radius 1 is 1.33 bits per heavy atom. The number of allylic oxidation sites excluding steroid dienone is 4. The molecule has 0 aromatic carbocycles. The van der Waals surface area contributed by atoms with Gasteiger partial charge in [0.15, 0.2) is 0 Å². The number of hydrogen-bond acceptors (Lipinski definition) is 1. The molecular formula is C12H11NO2. The molecule has 0 saturated heterocycles. The van der Waals surface area contributed by atoms with Crippen LogP contribution in [0, 0.1) is 0 Å². The summed E-state index contributed by atoms with van der Waals surface area (Å²) in [5, 5.41) is 8.79. The zero-order valence-corrected chi connectivity index (χ0v) is 8.10. The fourth-order valence-corrected chi connectivity index (χ4v) is 1.59. The van der Waals surface area contributed by atoms with Crippen LogP contribution in [-0.2, 0) is 4.79 Å². The van der Waals surface area contributed by atoms with E-state index in [1.807, 2.05) is 42.6 Å². The van der Waals surface area contributed by atoms with Crippen LogP contribution in [0.4, 0.5) is 0 Å². The molecule has 3 nitrogen and oxygen atoms in total. The maximum absolute atomic E-state index is 10.7. The van der Waals surface area contributed by atoms with Gasteiger partial charge in [0.1, 0.15) is 0 Å². The highest BCUT2D eigenvalue weighted by atomic mass is 16.4. The lowest BCUT2D eigenvalue weighted by Gasteiger charge is -2.05. The summed E-state index contributed by atoms with van der Waals surface area (Å²) in [6.45, 7) is 0. The number of rotatable bonds is 2. The van der Waals surface area contributed by atoms with Gasteiger partial charge in [0.2, 0.25) is 0 Å². The van der Waals surface area contributed by atoms with Gasteiger partial charge < -0.3 is 10.1 Å². The van der Waals surface area contributed by atoms with Crippen molar-refractivity contribution in [3.63, 3.8) is 0 Å². The number of nitrogens with one attached hydrogen (secondary N) is 1. The molecule has 0 aliphatic heterocycles. The highest BCUT2D eigenvalue weighted by Crippen LogP contribution is 2.23. The molecule has 1 aliphatic rings. The highest BCUT2D eigenvalue weighted by Gasteiger charge is 2.10. The average molecular weight is 201 g/mol. The van der Waals surface area contributed by atoms with Crippen molar-refractivity contribution in [1.82, 2.24) is 4.98 Å². The molecule has 0 atom stereocenters. The van der Waals surface area contributed by atoms with Gasteiger partial charge in [0.25, 0.3) is 0 Å². The van der Waals surface area contributed by atoms with Crippen LogP contribution in [0.3, 0.4) is 0 Å². The molecule has 0 unspecified atom stereocenters. The highest BCUT2D eigenvalue weighted by molar-refractivity contribution is 5.86. The summed E-state index contributed by atoms with van der Waals surface area (Å²) >= 11 is 0. The number of aromatic nitrogens is 1. The molecular weight excluding hydrogens is 190 g/mol. The number of H-pyrrole nitrogens is 1. The third-order valence-electron chi connectivity index (χ3n) is 2.24. The smallest absolute Gasteiger partial charge is 0.307 e. The van der Waals surface area contributed by atoms with Crippen molar-refractivity contribution in [2.75, 3.05) is 0 Å². The lowest BCUT2D eigenvalue weighted by molar-refractivity contribution is -0.135. The molecule has 1 heterocycles. The van der Waals surface area contributed by atoms with Gasteiger partial charge in [-0.15, -0.1) is 0 Å². The molecule has 3 heteroatoms. The van der Waals surface area contributed by atoms with Gasteiger partial charge in [-0.1, -0.05) is 30.4 Å². The van der Waals surface area contributed by atoms with Crippen LogP contribution < -0.4 is 0 Å². The summed E-state index contributed by atoms with van der Waals surface area (Å²) in [4.78, 5) is 13.8. The van der Waals surface area contributed by atoms with Crippen molar-refractivity contribution in [2.24, 2.45) is 0 Å². The minimum Gasteiger partial charge on any atom is -0.481 e. The van der Waals surface area contributed by atoms with Crippen molar-refractivity contribution in [3.05, 3.63) is 47.8 Å². The van der Waals surface area contributed by atoms with Crippen LogP contribution in [0.5, 0.6) is 0 Å². The fraction of sp³-hybridized carbons (Fsp3) is 0.0833. The molecule has 0 radical (unpaired) electrons. The predicted octanol–water partition coefficient (Wildman–Crippen LogP) is 2.46. The molecule has 0 amide bonds. The topological polar surface area (TPSA) is 53.1 Å². The maximum Gasteiger partial charge on any atom is 0.307 e. The van der Waals surface area contributed by atoms with E-state index < -0.39 is 5.97 Å². The summed E-state index contributed by atoms with van der Waals surface area (Å²) in [6.07, 6.45) is 11.3. The molecule has 0 bridgehead atoms. The second-order valence-electron chi connectivity index (χ2n) is 3.31. The summed E-state index contributed by atoms with van der Waals surface area (Å²) < 4.78 is 0. The van der Waals surface area contributed by atoms with E-state index in [1.165, 1.54) is 0 Å². The third kappa shape index (κ3) is 2.07. The molecule has 0 fully saturated rings. The monoisotopic (exact) mass is 201 g/mol. The number of carbonyl (C=O) groups is 1. The van der Waals surface area contributed by atoms with E-state index in [0.29, 0.717) is 0 Å². The quantitative estimate of drug-likeness (QED) is 0.772. The van der Waals surface area contributed by atoms with Gasteiger partial charge in [-0.3, -0.25) is 4.79 Å². The minimum absolute atomic E-state index is 0.0334. The van der Waals surface area contributed by atoms with Crippen LogP contribution in [0.25, 0.3) is 11.6 Å². The molecule has 0 saturated carbocycles. The normalized spacial score (nSPS) is 21.7. The molecule has 2 rings (SSSR count). The Morgan fingerprint density at radius 3 is 3.00 bits per heavy atom. The van der Waals surface area contributed by atoms with Crippen LogP contribution >= 0.6 is 0 Å². The lowest BCUT2D eigenvalue weighted by Crippen LogP contribution is -1.98. The van der Waals surface area contributed by atoms with Gasteiger partial charge in [-0.2, -0.15) is 0 Å². The van der Waals surface area contributed by atoms with Gasteiger partial charge >= 0.3 is 5.97 Å². The standard InChI is InChI=1S/C12H11NO2/c14-11(15)8-10-5-3-1-2-4-9-6-7-13-12(9)10/h1-7,13H,8H2,(H,14,15)/b2-1?,3-1-,4-2-,5-3?,9-4?,10-5-,12-10?. The largest absolute Gasteiger partial charge is 0.481 e. The van der Waals surface area contributed by atoms with Crippen LogP contribution in [0.1, 0.15) is 17.7 Å². The minimum atomic E-state index is -0.820. The van der Waals surface area contributed by atoms with E-state index in [4.69, 9.17) is 5.11 Å². The first-order valence-corrected chi connectivity index (χ1v) is 4.71. The molecule has 1 aliphatic carbocycles. The van der Waals surface area contributed by atoms with Crippen molar-refractivity contribution < 1.29 is 9.90 Å². The Bertz CT molecular complexity index is 464. The van der Waals surface area contributed by atoms with Crippen LogP contribution in [0.2, 0.25) is 0 Å². The van der Waals surface area contributed by atoms with Crippen molar-refractivity contribution >= 4 is 17.6 Å². The summed E-state index contributed by atoms with van der Waals surface area (Å²) in [6, 6.07) is 1.93. The second kappa shape index (κ2) is 4.00. The molecule has 1 aromatic rings. The number of aliphatic carboxylic acids is 1. The van der Waals surface area contributed by atoms with E-state index in [9.17, 15) is 4.79 Å². The third-order valence-corrected chi connectivity index (χ3v) is 2.24. The predicted molar refractivity (Wildman–Crippen MR) is 59.2 cm³/mol. The van der Waals surface area contributed by atoms with Crippen molar-refractivity contribution in [3.8, 4) is 0 Å². The van der Waals surface area contributed by atoms with E-state index >= 15 is 0 Å². The lowest BCUT2D eigenvalue weighted by atomic mass is 10.0. The first-order chi connectivity index (χ1) is 7.27. The first-order valence-electron chi connectivity index (χ1n) is 4.71. The molecule has 0 spiro atoms. The number of aromatic amines is 1. The van der Waals surface area contributed by atoms with Crippen LogP contribution in [-0.4, -0.2) is 16.1 Å². The van der Waals surface area contributed by atoms with E-state index in [2.05, 4.69) is 4.98 Å². The van der Waals surface area contributed by atoms with E-state index in [0.717, 1.165) is 16.8 Å². The Kier molecular flexibility index (Phi) is 2.54.